The minimum Gasteiger partial charge on any atom is -0.494 e. The van der Waals surface area contributed by atoms with E-state index in [0.29, 0.717) is 19.6 Å². The maximum absolute atomic E-state index is 12.0. The van der Waals surface area contributed by atoms with Gasteiger partial charge >= 0.3 is 0 Å². The molecule has 2 N–H and O–H groups in total. The van der Waals surface area contributed by atoms with Crippen LogP contribution in [0, 0.1) is 0 Å². The van der Waals surface area contributed by atoms with Crippen LogP contribution < -0.4 is 10.1 Å². The van der Waals surface area contributed by atoms with E-state index in [1.54, 1.807) is 0 Å². The second kappa shape index (κ2) is 9.04. The molecule has 26 heavy (non-hydrogen) atoms. The van der Waals surface area contributed by atoms with Crippen molar-refractivity contribution in [1.29, 1.82) is 0 Å². The lowest BCUT2D eigenvalue weighted by molar-refractivity contribution is -0.121. The number of nitrogens with one attached hydrogen (secondary N) is 2. The lowest BCUT2D eigenvalue weighted by Gasteiger charge is -2.06. The Morgan fingerprint density at radius 3 is 2.69 bits per heavy atom. The molecule has 1 aromatic heterocycles. The highest BCUT2D eigenvalue weighted by Crippen LogP contribution is 2.13. The standard InChI is InChI=1S/C21H25N3O2/c1-2-26-17-12-9-16(10-13-17)11-14-21(25)22-15-5-8-20-23-18-6-3-4-7-19(18)24-20/h3-4,6-7,9-10,12-13H,2,5,8,11,14-15H2,1H3,(H,22,25)(H,23,24). The van der Waals surface area contributed by atoms with Crippen LogP contribution >= 0.6 is 0 Å². The molecule has 1 heterocycles. The van der Waals surface area contributed by atoms with Gasteiger partial charge in [0.1, 0.15) is 11.6 Å². The zero-order valence-corrected chi connectivity index (χ0v) is 15.1. The molecule has 5 nitrogen and oxygen atoms in total. The fourth-order valence-corrected chi connectivity index (χ4v) is 2.87. The maximum Gasteiger partial charge on any atom is 0.220 e. The highest BCUT2D eigenvalue weighted by atomic mass is 16.5. The van der Waals surface area contributed by atoms with Crippen LogP contribution in [0.3, 0.4) is 0 Å². The number of benzene rings is 2. The molecule has 0 aliphatic rings. The Morgan fingerprint density at radius 2 is 1.92 bits per heavy atom. The summed E-state index contributed by atoms with van der Waals surface area (Å²) in [5.41, 5.74) is 3.19. The molecule has 3 rings (SSSR count). The molecule has 2 aromatic carbocycles. The molecular weight excluding hydrogens is 326 g/mol. The molecule has 0 radical (unpaired) electrons. The van der Waals surface area contributed by atoms with Gasteiger partial charge in [-0.1, -0.05) is 24.3 Å². The molecule has 0 spiro atoms. The number of carbonyl (C=O) groups excluding carboxylic acids is 1. The summed E-state index contributed by atoms with van der Waals surface area (Å²) in [5, 5.41) is 2.98. The van der Waals surface area contributed by atoms with E-state index in [1.165, 1.54) is 0 Å². The summed E-state index contributed by atoms with van der Waals surface area (Å²) in [6.07, 6.45) is 2.93. The number of imidazole rings is 1. The Morgan fingerprint density at radius 1 is 1.12 bits per heavy atom. The second-order valence-corrected chi connectivity index (χ2v) is 6.23. The first-order valence-electron chi connectivity index (χ1n) is 9.16. The van der Waals surface area contributed by atoms with Crippen molar-refractivity contribution in [1.82, 2.24) is 15.3 Å². The lowest BCUT2D eigenvalue weighted by atomic mass is 10.1. The number of H-pyrrole nitrogens is 1. The topological polar surface area (TPSA) is 67.0 Å². The van der Waals surface area contributed by atoms with Crippen LogP contribution in [0.25, 0.3) is 11.0 Å². The SMILES string of the molecule is CCOc1ccc(CCC(=O)NCCCc2nc3ccccc3[nH]2)cc1. The Labute approximate surface area is 153 Å². The first-order chi connectivity index (χ1) is 12.7. The fourth-order valence-electron chi connectivity index (χ4n) is 2.87. The third-order valence-corrected chi connectivity index (χ3v) is 4.23. The number of aryl methyl sites for hydroxylation is 2. The summed E-state index contributed by atoms with van der Waals surface area (Å²) in [7, 11) is 0. The van der Waals surface area contributed by atoms with Gasteiger partial charge in [-0.15, -0.1) is 0 Å². The van der Waals surface area contributed by atoms with E-state index in [2.05, 4.69) is 15.3 Å². The molecule has 0 aliphatic carbocycles. The average molecular weight is 351 g/mol. The van der Waals surface area contributed by atoms with Gasteiger partial charge < -0.3 is 15.0 Å². The number of amides is 1. The van der Waals surface area contributed by atoms with Crippen molar-refractivity contribution in [2.24, 2.45) is 0 Å². The van der Waals surface area contributed by atoms with Crippen LogP contribution in [0.2, 0.25) is 0 Å². The van der Waals surface area contributed by atoms with E-state index < -0.39 is 0 Å². The number of aromatic nitrogens is 2. The van der Waals surface area contributed by atoms with Crippen molar-refractivity contribution >= 4 is 16.9 Å². The van der Waals surface area contributed by atoms with Gasteiger partial charge in [0.25, 0.3) is 0 Å². The van der Waals surface area contributed by atoms with Crippen LogP contribution in [0.1, 0.15) is 31.2 Å². The van der Waals surface area contributed by atoms with Crippen LogP contribution in [0.15, 0.2) is 48.5 Å². The molecule has 3 aromatic rings. The predicted octanol–water partition coefficient (Wildman–Crippen LogP) is 3.64. The van der Waals surface area contributed by atoms with Gasteiger partial charge in [0.15, 0.2) is 0 Å². The van der Waals surface area contributed by atoms with Gasteiger partial charge in [-0.3, -0.25) is 4.79 Å². The summed E-state index contributed by atoms with van der Waals surface area (Å²) in [6, 6.07) is 15.9. The normalized spacial score (nSPS) is 10.8. The highest BCUT2D eigenvalue weighted by Gasteiger charge is 2.04. The Hall–Kier alpha value is -2.82. The number of ether oxygens (including phenoxy) is 1. The summed E-state index contributed by atoms with van der Waals surface area (Å²) >= 11 is 0. The third-order valence-electron chi connectivity index (χ3n) is 4.23. The van der Waals surface area contributed by atoms with E-state index in [-0.39, 0.29) is 5.91 Å². The molecule has 1 amide bonds. The number of fused-ring (bicyclic) bond motifs is 1. The smallest absolute Gasteiger partial charge is 0.220 e. The van der Waals surface area contributed by atoms with Gasteiger partial charge in [-0.25, -0.2) is 4.98 Å². The molecule has 5 heteroatoms. The first kappa shape index (κ1) is 18.0. The van der Waals surface area contributed by atoms with Crippen molar-refractivity contribution in [3.8, 4) is 5.75 Å². The van der Waals surface area contributed by atoms with Crippen LogP contribution in [0.5, 0.6) is 5.75 Å². The molecule has 0 saturated carbocycles. The van der Waals surface area contributed by atoms with Gasteiger partial charge in [-0.05, 0) is 49.6 Å². The number of carbonyl (C=O) groups is 1. The van der Waals surface area contributed by atoms with Gasteiger partial charge in [-0.2, -0.15) is 0 Å². The third kappa shape index (κ3) is 5.09. The zero-order chi connectivity index (χ0) is 18.2. The quantitative estimate of drug-likeness (QED) is 0.578. The molecule has 0 fully saturated rings. The van der Waals surface area contributed by atoms with Crippen molar-refractivity contribution < 1.29 is 9.53 Å². The minimum atomic E-state index is 0.0866. The summed E-state index contributed by atoms with van der Waals surface area (Å²) in [5.74, 6) is 1.92. The van der Waals surface area contributed by atoms with Crippen molar-refractivity contribution in [2.75, 3.05) is 13.2 Å². The zero-order valence-electron chi connectivity index (χ0n) is 15.1. The lowest BCUT2D eigenvalue weighted by Crippen LogP contribution is -2.25. The second-order valence-electron chi connectivity index (χ2n) is 6.23. The van der Waals surface area contributed by atoms with Crippen molar-refractivity contribution in [3.63, 3.8) is 0 Å². The van der Waals surface area contributed by atoms with E-state index in [1.807, 2.05) is 55.5 Å². The molecule has 0 aliphatic heterocycles. The molecule has 0 bridgehead atoms. The molecular formula is C21H25N3O2. The number of nitrogens with zero attached hydrogens (tertiary/aromatic N) is 1. The van der Waals surface area contributed by atoms with Gasteiger partial charge in [0.05, 0.1) is 17.6 Å². The molecule has 0 atom stereocenters. The van der Waals surface area contributed by atoms with E-state index in [0.717, 1.165) is 47.4 Å². The highest BCUT2D eigenvalue weighted by molar-refractivity contribution is 5.76. The van der Waals surface area contributed by atoms with Crippen LogP contribution in [-0.4, -0.2) is 29.0 Å². The maximum atomic E-state index is 12.0. The van der Waals surface area contributed by atoms with Gasteiger partial charge in [0.2, 0.25) is 5.91 Å². The Balaban J connectivity index is 1.34. The molecule has 0 unspecified atom stereocenters. The first-order valence-corrected chi connectivity index (χ1v) is 9.16. The van der Waals surface area contributed by atoms with E-state index in [9.17, 15) is 4.79 Å². The largest absolute Gasteiger partial charge is 0.494 e. The molecule has 136 valence electrons. The van der Waals surface area contributed by atoms with Crippen molar-refractivity contribution in [2.45, 2.75) is 32.6 Å². The number of para-hydroxylation sites is 2. The number of rotatable bonds is 9. The van der Waals surface area contributed by atoms with Crippen molar-refractivity contribution in [3.05, 3.63) is 59.9 Å². The van der Waals surface area contributed by atoms with Gasteiger partial charge in [0, 0.05) is 19.4 Å². The summed E-state index contributed by atoms with van der Waals surface area (Å²) in [4.78, 5) is 19.8. The van der Waals surface area contributed by atoms with Crippen LogP contribution in [0.4, 0.5) is 0 Å². The predicted molar refractivity (Wildman–Crippen MR) is 103 cm³/mol. The Bertz CT molecular complexity index is 807. The average Bonchev–Trinajstić information content (AvgIpc) is 3.08. The summed E-state index contributed by atoms with van der Waals surface area (Å²) in [6.45, 7) is 3.29. The number of aromatic amines is 1. The minimum absolute atomic E-state index is 0.0866. The summed E-state index contributed by atoms with van der Waals surface area (Å²) < 4.78 is 5.42. The Kier molecular flexibility index (Phi) is 6.25. The van der Waals surface area contributed by atoms with E-state index in [4.69, 9.17) is 4.74 Å². The molecule has 0 saturated heterocycles. The van der Waals surface area contributed by atoms with E-state index >= 15 is 0 Å². The van der Waals surface area contributed by atoms with Crippen LogP contribution in [-0.2, 0) is 17.6 Å². The monoisotopic (exact) mass is 351 g/mol. The number of hydrogen-bond acceptors (Lipinski definition) is 3. The number of hydrogen-bond donors (Lipinski definition) is 2. The fraction of sp³-hybridized carbons (Fsp3) is 0.333.